The number of nitrogens with zero attached hydrogens (tertiary/aromatic N) is 4. The van der Waals surface area contributed by atoms with E-state index in [1.165, 1.54) is 5.69 Å². The van der Waals surface area contributed by atoms with Crippen molar-refractivity contribution in [3.8, 4) is 5.75 Å². The Hall–Kier alpha value is -1.99. The summed E-state index contributed by atoms with van der Waals surface area (Å²) in [6, 6.07) is 8.34. The lowest BCUT2D eigenvalue weighted by Crippen LogP contribution is -2.54. The number of methoxy groups -OCH3 is 1. The molecule has 1 N–H and O–H groups in total. The molecule has 1 aromatic rings. The molecule has 1 aromatic carbocycles. The Bertz CT molecular complexity index is 648. The molecule has 7 nitrogen and oxygen atoms in total. The summed E-state index contributed by atoms with van der Waals surface area (Å²) in [4.78, 5) is 12.2. The first-order valence-electron chi connectivity index (χ1n) is 10.8. The van der Waals surface area contributed by atoms with Crippen LogP contribution in [0, 0.1) is 0 Å². The average molecular weight is 404 g/mol. The van der Waals surface area contributed by atoms with Gasteiger partial charge in [0.05, 0.1) is 13.7 Å². The number of rotatable bonds is 6. The molecule has 0 radical (unpaired) electrons. The number of hydrogen-bond acceptors (Lipinski definition) is 5. The molecule has 0 unspecified atom stereocenters. The smallest absolute Gasteiger partial charge is 0.194 e. The zero-order valence-corrected chi connectivity index (χ0v) is 18.5. The van der Waals surface area contributed by atoms with Crippen LogP contribution in [0.3, 0.4) is 0 Å². The van der Waals surface area contributed by atoms with Crippen molar-refractivity contribution >= 4 is 11.6 Å². The summed E-state index contributed by atoms with van der Waals surface area (Å²) in [5, 5.41) is 3.51. The Balaban J connectivity index is 1.63. The third-order valence-corrected chi connectivity index (χ3v) is 6.25. The molecule has 2 heterocycles. The van der Waals surface area contributed by atoms with Gasteiger partial charge >= 0.3 is 0 Å². The number of hydrogen-bond donors (Lipinski definition) is 1. The van der Waals surface area contributed by atoms with Gasteiger partial charge in [0, 0.05) is 57.2 Å². The summed E-state index contributed by atoms with van der Waals surface area (Å²) < 4.78 is 10.9. The van der Waals surface area contributed by atoms with Crippen molar-refractivity contribution in [2.75, 3.05) is 78.6 Å². The largest absolute Gasteiger partial charge is 0.497 e. The van der Waals surface area contributed by atoms with E-state index in [2.05, 4.69) is 53.2 Å². The predicted octanol–water partition coefficient (Wildman–Crippen LogP) is 1.89. The first kappa shape index (κ1) is 21.7. The highest BCUT2D eigenvalue weighted by atomic mass is 16.5. The molecule has 2 aliphatic rings. The van der Waals surface area contributed by atoms with Crippen LogP contribution >= 0.6 is 0 Å². The minimum atomic E-state index is 0.101. The van der Waals surface area contributed by atoms with E-state index >= 15 is 0 Å². The quantitative estimate of drug-likeness (QED) is 0.578. The van der Waals surface area contributed by atoms with E-state index in [-0.39, 0.29) is 5.54 Å². The lowest BCUT2D eigenvalue weighted by atomic mass is 9.89. The number of guanidine groups is 1. The van der Waals surface area contributed by atoms with Crippen LogP contribution < -0.4 is 15.0 Å². The van der Waals surface area contributed by atoms with Gasteiger partial charge in [-0.15, -0.1) is 0 Å². The Morgan fingerprint density at radius 2 is 1.79 bits per heavy atom. The first-order valence-corrected chi connectivity index (χ1v) is 10.8. The first-order chi connectivity index (χ1) is 14.1. The third-order valence-electron chi connectivity index (χ3n) is 6.25. The maximum Gasteiger partial charge on any atom is 0.194 e. The molecule has 0 saturated carbocycles. The van der Waals surface area contributed by atoms with Crippen LogP contribution in [0.25, 0.3) is 0 Å². The van der Waals surface area contributed by atoms with Crippen molar-refractivity contribution in [1.29, 1.82) is 0 Å². The van der Waals surface area contributed by atoms with Crippen LogP contribution in [0.1, 0.15) is 19.8 Å². The molecule has 0 bridgehead atoms. The Labute approximate surface area is 175 Å². The second-order valence-corrected chi connectivity index (χ2v) is 8.07. The van der Waals surface area contributed by atoms with Crippen molar-refractivity contribution in [2.24, 2.45) is 4.99 Å². The van der Waals surface area contributed by atoms with Gasteiger partial charge in [0.25, 0.3) is 0 Å². The Morgan fingerprint density at radius 1 is 1.14 bits per heavy atom. The molecule has 2 saturated heterocycles. The van der Waals surface area contributed by atoms with Crippen LogP contribution in [0.2, 0.25) is 0 Å². The minimum absolute atomic E-state index is 0.101. The molecule has 0 aliphatic carbocycles. The standard InChI is InChI=1S/C22H37N5O2/c1-5-23-21(24-18-22(25(2)3)10-16-29-17-11-22)27-14-12-26(13-15-27)19-6-8-20(28-4)9-7-19/h6-9H,5,10-18H2,1-4H3,(H,23,24). The minimum Gasteiger partial charge on any atom is -0.497 e. The molecule has 162 valence electrons. The van der Waals surface area contributed by atoms with Crippen LogP contribution in [0.5, 0.6) is 5.75 Å². The lowest BCUT2D eigenvalue weighted by molar-refractivity contribution is -0.00264. The van der Waals surface area contributed by atoms with Crippen molar-refractivity contribution in [3.63, 3.8) is 0 Å². The van der Waals surface area contributed by atoms with E-state index < -0.39 is 0 Å². The normalized spacial score (nSPS) is 20.1. The van der Waals surface area contributed by atoms with Gasteiger partial charge in [0.2, 0.25) is 0 Å². The maximum absolute atomic E-state index is 5.60. The molecule has 7 heteroatoms. The maximum atomic E-state index is 5.60. The molecule has 0 spiro atoms. The number of aliphatic imine (C=N–C) groups is 1. The highest BCUT2D eigenvalue weighted by Crippen LogP contribution is 2.26. The highest BCUT2D eigenvalue weighted by Gasteiger charge is 2.35. The van der Waals surface area contributed by atoms with Crippen LogP contribution in [0.4, 0.5) is 5.69 Å². The number of likely N-dealkylation sites (N-methyl/N-ethyl adjacent to an activating group) is 1. The molecule has 0 amide bonds. The van der Waals surface area contributed by atoms with E-state index in [0.29, 0.717) is 0 Å². The molecule has 29 heavy (non-hydrogen) atoms. The van der Waals surface area contributed by atoms with E-state index in [9.17, 15) is 0 Å². The number of benzene rings is 1. The topological polar surface area (TPSA) is 52.6 Å². The van der Waals surface area contributed by atoms with Gasteiger partial charge in [-0.05, 0) is 58.1 Å². The molecule has 0 atom stereocenters. The van der Waals surface area contributed by atoms with Gasteiger partial charge in [-0.25, -0.2) is 0 Å². The second kappa shape index (κ2) is 10.2. The number of anilines is 1. The summed E-state index contributed by atoms with van der Waals surface area (Å²) in [5.74, 6) is 1.94. The summed E-state index contributed by atoms with van der Waals surface area (Å²) in [7, 11) is 6.04. The van der Waals surface area contributed by atoms with Crippen molar-refractivity contribution in [2.45, 2.75) is 25.3 Å². The zero-order valence-electron chi connectivity index (χ0n) is 18.5. The summed E-state index contributed by atoms with van der Waals surface area (Å²) >= 11 is 0. The van der Waals surface area contributed by atoms with Crippen LogP contribution in [-0.4, -0.2) is 95.0 Å². The fraction of sp³-hybridized carbons (Fsp3) is 0.682. The number of ether oxygens (including phenoxy) is 2. The average Bonchev–Trinajstić information content (AvgIpc) is 2.77. The van der Waals surface area contributed by atoms with Gasteiger partial charge in [-0.2, -0.15) is 0 Å². The summed E-state index contributed by atoms with van der Waals surface area (Å²) in [6.45, 7) is 9.40. The van der Waals surface area contributed by atoms with E-state index in [1.54, 1.807) is 7.11 Å². The van der Waals surface area contributed by atoms with Gasteiger partial charge in [-0.1, -0.05) is 0 Å². The number of nitrogens with one attached hydrogen (secondary N) is 1. The SMILES string of the molecule is CCNC(=NCC1(N(C)C)CCOCC1)N1CCN(c2ccc(OC)cc2)CC1. The van der Waals surface area contributed by atoms with E-state index in [1.807, 2.05) is 12.1 Å². The van der Waals surface area contributed by atoms with Gasteiger partial charge in [-0.3, -0.25) is 4.99 Å². The summed E-state index contributed by atoms with van der Waals surface area (Å²) in [5.41, 5.74) is 1.35. The monoisotopic (exact) mass is 403 g/mol. The highest BCUT2D eigenvalue weighted by molar-refractivity contribution is 5.80. The molecule has 3 rings (SSSR count). The van der Waals surface area contributed by atoms with Crippen molar-refractivity contribution in [1.82, 2.24) is 15.1 Å². The van der Waals surface area contributed by atoms with E-state index in [0.717, 1.165) is 77.0 Å². The van der Waals surface area contributed by atoms with Crippen LogP contribution in [-0.2, 0) is 4.74 Å². The van der Waals surface area contributed by atoms with Gasteiger partial charge < -0.3 is 29.5 Å². The third kappa shape index (κ3) is 5.34. The summed E-state index contributed by atoms with van der Waals surface area (Å²) in [6.07, 6.45) is 2.07. The molecule has 0 aromatic heterocycles. The predicted molar refractivity (Wildman–Crippen MR) is 119 cm³/mol. The molecular formula is C22H37N5O2. The fourth-order valence-electron chi connectivity index (χ4n) is 4.12. The Morgan fingerprint density at radius 3 is 2.34 bits per heavy atom. The van der Waals surface area contributed by atoms with Crippen LogP contribution in [0.15, 0.2) is 29.3 Å². The number of piperazine rings is 1. The molecular weight excluding hydrogens is 366 g/mol. The van der Waals surface area contributed by atoms with Gasteiger partial charge in [0.1, 0.15) is 5.75 Å². The fourth-order valence-corrected chi connectivity index (χ4v) is 4.12. The molecule has 2 fully saturated rings. The van der Waals surface area contributed by atoms with E-state index in [4.69, 9.17) is 14.5 Å². The second-order valence-electron chi connectivity index (χ2n) is 8.07. The lowest BCUT2D eigenvalue weighted by Gasteiger charge is -2.42. The molecule has 2 aliphatic heterocycles. The van der Waals surface area contributed by atoms with Gasteiger partial charge in [0.15, 0.2) is 5.96 Å². The van der Waals surface area contributed by atoms with Crippen molar-refractivity contribution in [3.05, 3.63) is 24.3 Å². The Kier molecular flexibility index (Phi) is 7.61. The zero-order chi connectivity index (χ0) is 20.7. The van der Waals surface area contributed by atoms with Crippen molar-refractivity contribution < 1.29 is 9.47 Å².